The van der Waals surface area contributed by atoms with Crippen LogP contribution in [0.4, 0.5) is 10.5 Å². The number of imide groups is 1. The van der Waals surface area contributed by atoms with E-state index < -0.39 is 42.5 Å². The van der Waals surface area contributed by atoms with Gasteiger partial charge in [0.1, 0.15) is 12.1 Å². The Hall–Kier alpha value is -2.42. The lowest BCUT2D eigenvalue weighted by Gasteiger charge is -2.18. The van der Waals surface area contributed by atoms with Gasteiger partial charge in [0.25, 0.3) is 11.8 Å². The number of hydrogen-bond acceptors (Lipinski definition) is 5. The summed E-state index contributed by atoms with van der Waals surface area (Å²) < 4.78 is 5.52. The molecule has 1 fully saturated rings. The Morgan fingerprint density at radius 3 is 2.60 bits per heavy atom. The van der Waals surface area contributed by atoms with Crippen molar-refractivity contribution in [3.8, 4) is 0 Å². The minimum atomic E-state index is -1.02. The van der Waals surface area contributed by atoms with Crippen LogP contribution >= 0.6 is 15.9 Å². The summed E-state index contributed by atoms with van der Waals surface area (Å²) in [5.41, 5.74) is -0.481. The Labute approximate surface area is 153 Å². The van der Waals surface area contributed by atoms with E-state index >= 15 is 0 Å². The van der Waals surface area contributed by atoms with Crippen molar-refractivity contribution in [1.29, 1.82) is 0 Å². The number of carbonyl (C=O) groups excluding carboxylic acids is 4. The van der Waals surface area contributed by atoms with Crippen LogP contribution in [0.15, 0.2) is 28.7 Å². The van der Waals surface area contributed by atoms with Crippen LogP contribution in [0, 0.1) is 0 Å². The first-order valence-electron chi connectivity index (χ1n) is 7.61. The molecular formula is C16H18BrN3O5. The van der Waals surface area contributed by atoms with Crippen molar-refractivity contribution >= 4 is 45.4 Å². The lowest BCUT2D eigenvalue weighted by atomic mass is 9.99. The smallest absolute Gasteiger partial charge is 0.326 e. The van der Waals surface area contributed by atoms with E-state index in [2.05, 4.69) is 26.6 Å². The van der Waals surface area contributed by atoms with Gasteiger partial charge in [0, 0.05) is 4.47 Å². The highest BCUT2D eigenvalue weighted by Gasteiger charge is 2.47. The topological polar surface area (TPSA) is 105 Å². The summed E-state index contributed by atoms with van der Waals surface area (Å²) in [5.74, 6) is -1.86. The Bertz CT molecular complexity index is 723. The normalized spacial score (nSPS) is 19.6. The highest BCUT2D eigenvalue weighted by atomic mass is 79.9. The van der Waals surface area contributed by atoms with Crippen LogP contribution in [0.1, 0.15) is 20.3 Å². The van der Waals surface area contributed by atoms with Gasteiger partial charge in [0.15, 0.2) is 6.61 Å². The number of anilines is 1. The maximum Gasteiger partial charge on any atom is 0.326 e. The molecule has 1 aliphatic rings. The van der Waals surface area contributed by atoms with E-state index in [1.165, 1.54) is 0 Å². The van der Waals surface area contributed by atoms with Gasteiger partial charge in [-0.15, -0.1) is 0 Å². The Morgan fingerprint density at radius 2 is 2.00 bits per heavy atom. The zero-order chi connectivity index (χ0) is 18.6. The average molecular weight is 412 g/mol. The van der Waals surface area contributed by atoms with E-state index in [1.54, 1.807) is 38.1 Å². The predicted molar refractivity (Wildman–Crippen MR) is 92.7 cm³/mol. The fraction of sp³-hybridized carbons (Fsp3) is 0.375. The summed E-state index contributed by atoms with van der Waals surface area (Å²) in [6, 6.07) is 6.33. The second kappa shape index (κ2) is 7.64. The molecule has 0 aliphatic carbocycles. The van der Waals surface area contributed by atoms with Crippen molar-refractivity contribution in [2.24, 2.45) is 0 Å². The van der Waals surface area contributed by atoms with Gasteiger partial charge in [-0.2, -0.15) is 0 Å². The molecule has 1 heterocycles. The highest BCUT2D eigenvalue weighted by molar-refractivity contribution is 9.10. The second-order valence-corrected chi connectivity index (χ2v) is 6.55. The Morgan fingerprint density at radius 1 is 1.32 bits per heavy atom. The first kappa shape index (κ1) is 18.9. The molecule has 2 N–H and O–H groups in total. The van der Waals surface area contributed by atoms with Crippen molar-refractivity contribution in [3.05, 3.63) is 28.7 Å². The van der Waals surface area contributed by atoms with Crippen molar-refractivity contribution in [3.63, 3.8) is 0 Å². The first-order chi connectivity index (χ1) is 11.8. The maximum atomic E-state index is 12.2. The molecule has 0 radical (unpaired) electrons. The molecule has 1 aromatic rings. The van der Waals surface area contributed by atoms with Crippen LogP contribution in [0.5, 0.6) is 0 Å². The molecule has 0 saturated carbocycles. The molecule has 1 saturated heterocycles. The SMILES string of the molecule is CC[C@@]1(C)NC(=O)N(CC(=O)OCC(=O)Nc2ccccc2Br)C1=O. The van der Waals surface area contributed by atoms with Crippen molar-refractivity contribution in [2.45, 2.75) is 25.8 Å². The van der Waals surface area contributed by atoms with Gasteiger partial charge in [0.05, 0.1) is 5.69 Å². The Balaban J connectivity index is 1.85. The average Bonchev–Trinajstić information content (AvgIpc) is 2.79. The van der Waals surface area contributed by atoms with Crippen LogP contribution in [0.3, 0.4) is 0 Å². The van der Waals surface area contributed by atoms with Gasteiger partial charge in [-0.25, -0.2) is 4.79 Å². The highest BCUT2D eigenvalue weighted by Crippen LogP contribution is 2.21. The van der Waals surface area contributed by atoms with Gasteiger partial charge in [-0.1, -0.05) is 19.1 Å². The van der Waals surface area contributed by atoms with E-state index in [0.717, 1.165) is 4.90 Å². The summed E-state index contributed by atoms with van der Waals surface area (Å²) >= 11 is 3.28. The summed E-state index contributed by atoms with van der Waals surface area (Å²) in [5, 5.41) is 5.11. The molecule has 4 amide bonds. The zero-order valence-electron chi connectivity index (χ0n) is 13.8. The van der Waals surface area contributed by atoms with Gasteiger partial charge in [0.2, 0.25) is 0 Å². The monoisotopic (exact) mass is 411 g/mol. The maximum absolute atomic E-state index is 12.2. The fourth-order valence-electron chi connectivity index (χ4n) is 2.20. The van der Waals surface area contributed by atoms with Gasteiger partial charge < -0.3 is 15.4 Å². The lowest BCUT2D eigenvalue weighted by molar-refractivity contribution is -0.150. The first-order valence-corrected chi connectivity index (χ1v) is 8.40. The minimum absolute atomic E-state index is 0.400. The number of nitrogens with one attached hydrogen (secondary N) is 2. The third-order valence-corrected chi connectivity index (χ3v) is 4.54. The number of nitrogens with zero attached hydrogens (tertiary/aromatic N) is 1. The molecule has 0 spiro atoms. The molecule has 2 rings (SSSR count). The molecule has 0 aromatic heterocycles. The van der Waals surface area contributed by atoms with E-state index in [9.17, 15) is 19.2 Å². The number of amides is 4. The van der Waals surface area contributed by atoms with E-state index in [-0.39, 0.29) is 0 Å². The molecule has 0 bridgehead atoms. The lowest BCUT2D eigenvalue weighted by Crippen LogP contribution is -2.43. The largest absolute Gasteiger partial charge is 0.454 e. The summed E-state index contributed by atoms with van der Waals surface area (Å²) in [4.78, 5) is 48.4. The van der Waals surface area contributed by atoms with Crippen LogP contribution in [-0.4, -0.2) is 47.4 Å². The van der Waals surface area contributed by atoms with Crippen LogP contribution < -0.4 is 10.6 Å². The molecule has 1 aliphatic heterocycles. The second-order valence-electron chi connectivity index (χ2n) is 5.70. The van der Waals surface area contributed by atoms with Crippen molar-refractivity contribution in [2.75, 3.05) is 18.5 Å². The number of hydrogen-bond donors (Lipinski definition) is 2. The van der Waals surface area contributed by atoms with E-state index in [1.807, 2.05) is 0 Å². The number of rotatable bonds is 6. The summed E-state index contributed by atoms with van der Waals surface area (Å²) in [7, 11) is 0. The predicted octanol–water partition coefficient (Wildman–Crippen LogP) is 1.65. The summed E-state index contributed by atoms with van der Waals surface area (Å²) in [6.07, 6.45) is 0.400. The van der Waals surface area contributed by atoms with Gasteiger partial charge in [-0.05, 0) is 41.4 Å². The number of benzene rings is 1. The summed E-state index contributed by atoms with van der Waals surface area (Å²) in [6.45, 7) is 2.28. The number of ether oxygens (including phenoxy) is 1. The van der Waals surface area contributed by atoms with Gasteiger partial charge >= 0.3 is 12.0 Å². The van der Waals surface area contributed by atoms with Gasteiger partial charge in [-0.3, -0.25) is 19.3 Å². The molecule has 25 heavy (non-hydrogen) atoms. The van der Waals surface area contributed by atoms with E-state index in [0.29, 0.717) is 16.6 Å². The minimum Gasteiger partial charge on any atom is -0.454 e. The van der Waals surface area contributed by atoms with Crippen LogP contribution in [0.2, 0.25) is 0 Å². The van der Waals surface area contributed by atoms with Crippen LogP contribution in [0.25, 0.3) is 0 Å². The number of para-hydroxylation sites is 1. The van der Waals surface area contributed by atoms with Crippen LogP contribution in [-0.2, 0) is 19.1 Å². The number of carbonyl (C=O) groups is 4. The molecule has 0 unspecified atom stereocenters. The van der Waals surface area contributed by atoms with Crippen molar-refractivity contribution < 1.29 is 23.9 Å². The molecular weight excluding hydrogens is 394 g/mol. The molecule has 1 aromatic carbocycles. The standard InChI is InChI=1S/C16H18BrN3O5/c1-3-16(2)14(23)20(15(24)19-16)8-13(22)25-9-12(21)18-11-7-5-4-6-10(11)17/h4-7H,3,8-9H2,1-2H3,(H,18,21)(H,19,24)/t16-/m1/s1. The zero-order valence-corrected chi connectivity index (χ0v) is 15.4. The van der Waals surface area contributed by atoms with Crippen molar-refractivity contribution in [1.82, 2.24) is 10.2 Å². The fourth-order valence-corrected chi connectivity index (χ4v) is 2.58. The number of esters is 1. The third-order valence-electron chi connectivity index (χ3n) is 3.85. The quantitative estimate of drug-likeness (QED) is 0.546. The molecule has 8 nitrogen and oxygen atoms in total. The van der Waals surface area contributed by atoms with E-state index in [4.69, 9.17) is 4.74 Å². The number of urea groups is 1. The molecule has 1 atom stereocenters. The number of halogens is 1. The molecule has 9 heteroatoms. The molecule has 134 valence electrons. The third kappa shape index (κ3) is 4.36. The Kier molecular flexibility index (Phi) is 5.78.